The monoisotopic (exact) mass is 261 g/mol. The standard InChI is InChI=1S/C10H6Cl3NO/c1-5-4-14-10(15-5)9-7(12)2-6(11)3-8(9)13/h2-4H,1H3. The molecule has 1 aromatic carbocycles. The second kappa shape index (κ2) is 4.05. The third-order valence-electron chi connectivity index (χ3n) is 1.84. The van der Waals surface area contributed by atoms with Gasteiger partial charge in [-0.15, -0.1) is 0 Å². The lowest BCUT2D eigenvalue weighted by Crippen LogP contribution is -1.81. The van der Waals surface area contributed by atoms with Crippen molar-refractivity contribution < 1.29 is 4.42 Å². The maximum Gasteiger partial charge on any atom is 0.229 e. The molecule has 0 radical (unpaired) electrons. The van der Waals surface area contributed by atoms with Crippen molar-refractivity contribution in [2.75, 3.05) is 0 Å². The van der Waals surface area contributed by atoms with Crippen molar-refractivity contribution in [1.82, 2.24) is 4.98 Å². The van der Waals surface area contributed by atoms with Crippen LogP contribution in [0.4, 0.5) is 0 Å². The predicted molar refractivity (Wildman–Crippen MR) is 61.7 cm³/mol. The molecule has 0 fully saturated rings. The molecule has 15 heavy (non-hydrogen) atoms. The highest BCUT2D eigenvalue weighted by atomic mass is 35.5. The summed E-state index contributed by atoms with van der Waals surface area (Å²) >= 11 is 17.8. The molecule has 0 aliphatic carbocycles. The van der Waals surface area contributed by atoms with E-state index in [0.29, 0.717) is 32.3 Å². The van der Waals surface area contributed by atoms with E-state index in [0.717, 1.165) is 0 Å². The van der Waals surface area contributed by atoms with E-state index in [1.54, 1.807) is 25.3 Å². The SMILES string of the molecule is Cc1cnc(-c2c(Cl)cc(Cl)cc2Cl)o1. The highest BCUT2D eigenvalue weighted by Crippen LogP contribution is 2.36. The third kappa shape index (κ3) is 2.12. The number of oxazole rings is 1. The van der Waals surface area contributed by atoms with E-state index in [1.807, 2.05) is 0 Å². The average molecular weight is 263 g/mol. The highest BCUT2D eigenvalue weighted by Gasteiger charge is 2.14. The van der Waals surface area contributed by atoms with E-state index < -0.39 is 0 Å². The fourth-order valence-corrected chi connectivity index (χ4v) is 2.20. The molecule has 2 rings (SSSR count). The van der Waals surface area contributed by atoms with Crippen molar-refractivity contribution in [2.45, 2.75) is 6.92 Å². The fourth-order valence-electron chi connectivity index (χ4n) is 1.22. The summed E-state index contributed by atoms with van der Waals surface area (Å²) in [4.78, 5) is 4.06. The first kappa shape index (κ1) is 10.8. The van der Waals surface area contributed by atoms with E-state index in [9.17, 15) is 0 Å². The van der Waals surface area contributed by atoms with Gasteiger partial charge in [0, 0.05) is 5.02 Å². The Labute approximate surface area is 102 Å². The lowest BCUT2D eigenvalue weighted by Gasteiger charge is -2.03. The van der Waals surface area contributed by atoms with Crippen LogP contribution in [0.1, 0.15) is 5.76 Å². The second-order valence-corrected chi connectivity index (χ2v) is 4.27. The second-order valence-electron chi connectivity index (χ2n) is 3.02. The smallest absolute Gasteiger partial charge is 0.229 e. The Hall–Kier alpha value is -0.700. The summed E-state index contributed by atoms with van der Waals surface area (Å²) < 4.78 is 5.35. The number of benzene rings is 1. The number of hydrogen-bond acceptors (Lipinski definition) is 2. The maximum atomic E-state index is 6.01. The van der Waals surface area contributed by atoms with E-state index in [2.05, 4.69) is 4.98 Å². The molecule has 0 saturated heterocycles. The van der Waals surface area contributed by atoms with Crippen molar-refractivity contribution in [1.29, 1.82) is 0 Å². The van der Waals surface area contributed by atoms with Crippen molar-refractivity contribution in [2.24, 2.45) is 0 Å². The van der Waals surface area contributed by atoms with Crippen molar-refractivity contribution in [3.05, 3.63) is 39.2 Å². The number of hydrogen-bond donors (Lipinski definition) is 0. The quantitative estimate of drug-likeness (QED) is 0.750. The predicted octanol–water partition coefficient (Wildman–Crippen LogP) is 4.61. The largest absolute Gasteiger partial charge is 0.441 e. The van der Waals surface area contributed by atoms with Gasteiger partial charge in [-0.2, -0.15) is 0 Å². The van der Waals surface area contributed by atoms with Gasteiger partial charge in [0.25, 0.3) is 0 Å². The molecule has 78 valence electrons. The summed E-state index contributed by atoms with van der Waals surface area (Å²) in [7, 11) is 0. The Bertz CT molecular complexity index is 484. The van der Waals surface area contributed by atoms with E-state index in [-0.39, 0.29) is 0 Å². The van der Waals surface area contributed by atoms with E-state index in [1.165, 1.54) is 0 Å². The number of aryl methyl sites for hydroxylation is 1. The zero-order valence-corrected chi connectivity index (χ0v) is 9.99. The Morgan fingerprint density at radius 3 is 2.20 bits per heavy atom. The molecule has 0 spiro atoms. The minimum Gasteiger partial charge on any atom is -0.441 e. The number of halogens is 3. The van der Waals surface area contributed by atoms with Gasteiger partial charge in [-0.3, -0.25) is 0 Å². The van der Waals surface area contributed by atoms with Crippen LogP contribution in [0.15, 0.2) is 22.7 Å². The van der Waals surface area contributed by atoms with Gasteiger partial charge in [0.05, 0.1) is 21.8 Å². The van der Waals surface area contributed by atoms with Crippen molar-refractivity contribution >= 4 is 34.8 Å². The van der Waals surface area contributed by atoms with Gasteiger partial charge in [-0.25, -0.2) is 4.98 Å². The molecule has 0 saturated carbocycles. The number of aromatic nitrogens is 1. The molecule has 0 unspecified atom stereocenters. The lowest BCUT2D eigenvalue weighted by atomic mass is 10.2. The molecular formula is C10H6Cl3NO. The van der Waals surface area contributed by atoms with Crippen LogP contribution in [0.5, 0.6) is 0 Å². The van der Waals surface area contributed by atoms with Gasteiger partial charge in [-0.05, 0) is 19.1 Å². The van der Waals surface area contributed by atoms with Crippen LogP contribution in [-0.2, 0) is 0 Å². The van der Waals surface area contributed by atoms with Gasteiger partial charge < -0.3 is 4.42 Å². The summed E-state index contributed by atoms with van der Waals surface area (Å²) in [6.07, 6.45) is 1.61. The van der Waals surface area contributed by atoms with Crippen LogP contribution >= 0.6 is 34.8 Å². The minimum atomic E-state index is 0.402. The Morgan fingerprint density at radius 2 is 1.73 bits per heavy atom. The molecule has 2 nitrogen and oxygen atoms in total. The fraction of sp³-hybridized carbons (Fsp3) is 0.100. The third-order valence-corrected chi connectivity index (χ3v) is 2.66. The molecule has 0 aliphatic rings. The lowest BCUT2D eigenvalue weighted by molar-refractivity contribution is 0.542. The Balaban J connectivity index is 2.62. The average Bonchev–Trinajstić information content (AvgIpc) is 2.49. The first-order valence-electron chi connectivity index (χ1n) is 4.15. The summed E-state index contributed by atoms with van der Waals surface area (Å²) in [6, 6.07) is 3.20. The molecule has 0 aliphatic heterocycles. The maximum absolute atomic E-state index is 6.01. The zero-order valence-electron chi connectivity index (χ0n) is 7.72. The molecule has 0 amide bonds. The molecular weight excluding hydrogens is 256 g/mol. The van der Waals surface area contributed by atoms with Crippen molar-refractivity contribution in [3.8, 4) is 11.5 Å². The van der Waals surface area contributed by atoms with Crippen LogP contribution < -0.4 is 0 Å². The first-order valence-corrected chi connectivity index (χ1v) is 5.28. The van der Waals surface area contributed by atoms with Gasteiger partial charge >= 0.3 is 0 Å². The summed E-state index contributed by atoms with van der Waals surface area (Å²) in [5, 5.41) is 1.33. The number of rotatable bonds is 1. The van der Waals surface area contributed by atoms with Gasteiger partial charge in [0.15, 0.2) is 0 Å². The normalized spacial score (nSPS) is 10.7. The van der Waals surface area contributed by atoms with Crippen LogP contribution in [0.2, 0.25) is 15.1 Å². The van der Waals surface area contributed by atoms with Crippen LogP contribution in [-0.4, -0.2) is 4.98 Å². The van der Waals surface area contributed by atoms with Gasteiger partial charge in [0.2, 0.25) is 5.89 Å². The zero-order chi connectivity index (χ0) is 11.0. The van der Waals surface area contributed by atoms with Crippen LogP contribution in [0, 0.1) is 6.92 Å². The number of nitrogens with zero attached hydrogens (tertiary/aromatic N) is 1. The summed E-state index contributed by atoms with van der Waals surface area (Å²) in [6.45, 7) is 1.80. The molecule has 0 atom stereocenters. The van der Waals surface area contributed by atoms with Crippen LogP contribution in [0.3, 0.4) is 0 Å². The molecule has 0 bridgehead atoms. The van der Waals surface area contributed by atoms with Gasteiger partial charge in [0.1, 0.15) is 5.76 Å². The molecule has 1 heterocycles. The topological polar surface area (TPSA) is 26.0 Å². The molecule has 5 heteroatoms. The highest BCUT2D eigenvalue weighted by molar-refractivity contribution is 6.41. The minimum absolute atomic E-state index is 0.402. The summed E-state index contributed by atoms with van der Waals surface area (Å²) in [5.41, 5.74) is 0.566. The van der Waals surface area contributed by atoms with Crippen molar-refractivity contribution in [3.63, 3.8) is 0 Å². The Kier molecular flexibility index (Phi) is 2.91. The molecule has 1 aromatic heterocycles. The molecule has 0 N–H and O–H groups in total. The molecule has 2 aromatic rings. The Morgan fingerprint density at radius 1 is 1.13 bits per heavy atom. The van der Waals surface area contributed by atoms with Gasteiger partial charge in [-0.1, -0.05) is 34.8 Å². The summed E-state index contributed by atoms with van der Waals surface area (Å²) in [5.74, 6) is 1.10. The van der Waals surface area contributed by atoms with E-state index in [4.69, 9.17) is 39.2 Å². The van der Waals surface area contributed by atoms with Crippen LogP contribution in [0.25, 0.3) is 11.5 Å². The first-order chi connectivity index (χ1) is 7.08. The van der Waals surface area contributed by atoms with E-state index >= 15 is 0 Å².